The highest BCUT2D eigenvalue weighted by atomic mass is 16.3. The van der Waals surface area contributed by atoms with Gasteiger partial charge in [0.15, 0.2) is 5.78 Å². The summed E-state index contributed by atoms with van der Waals surface area (Å²) in [7, 11) is 0. The molecule has 2 aromatic carbocycles. The number of aryl methyl sites for hydroxylation is 1. The maximum absolute atomic E-state index is 12.6. The molecule has 0 fully saturated rings. The molecule has 0 saturated carbocycles. The standard InChI is InChI=1S/C18H16O2/c1-11-8-15(19)9-14-10-16(13-6-4-3-5-7-13)18(20)12(2)17(11)14/h3-9,16,19H,2,10H2,1H3. The van der Waals surface area contributed by atoms with E-state index >= 15 is 0 Å². The van der Waals surface area contributed by atoms with Crippen molar-refractivity contribution in [3.8, 4) is 5.75 Å². The summed E-state index contributed by atoms with van der Waals surface area (Å²) < 4.78 is 0. The van der Waals surface area contributed by atoms with Gasteiger partial charge in [-0.1, -0.05) is 36.9 Å². The number of phenolic OH excluding ortho intramolecular Hbond substituents is 1. The molecule has 0 aromatic heterocycles. The molecule has 1 aliphatic rings. The molecule has 2 aromatic rings. The van der Waals surface area contributed by atoms with Gasteiger partial charge in [-0.05, 0) is 47.7 Å². The lowest BCUT2D eigenvalue weighted by atomic mass is 9.75. The molecule has 2 nitrogen and oxygen atoms in total. The van der Waals surface area contributed by atoms with Crippen LogP contribution in [-0.4, -0.2) is 10.9 Å². The first-order valence-electron chi connectivity index (χ1n) is 6.69. The van der Waals surface area contributed by atoms with Gasteiger partial charge < -0.3 is 5.11 Å². The van der Waals surface area contributed by atoms with Crippen LogP contribution in [0.3, 0.4) is 0 Å². The number of allylic oxidation sites excluding steroid dienone is 1. The van der Waals surface area contributed by atoms with Gasteiger partial charge in [0.1, 0.15) is 5.75 Å². The Balaban J connectivity index is 2.12. The monoisotopic (exact) mass is 264 g/mol. The van der Waals surface area contributed by atoms with Crippen LogP contribution in [-0.2, 0) is 11.2 Å². The topological polar surface area (TPSA) is 37.3 Å². The third kappa shape index (κ3) is 1.94. The summed E-state index contributed by atoms with van der Waals surface area (Å²) in [6.45, 7) is 5.87. The van der Waals surface area contributed by atoms with Gasteiger partial charge >= 0.3 is 0 Å². The van der Waals surface area contributed by atoms with Gasteiger partial charge in [0, 0.05) is 5.57 Å². The fourth-order valence-electron chi connectivity index (χ4n) is 3.03. The summed E-state index contributed by atoms with van der Waals surface area (Å²) >= 11 is 0. The van der Waals surface area contributed by atoms with Crippen molar-refractivity contribution in [1.29, 1.82) is 0 Å². The Morgan fingerprint density at radius 1 is 1.20 bits per heavy atom. The third-order valence-electron chi connectivity index (χ3n) is 3.94. The lowest BCUT2D eigenvalue weighted by Gasteiger charge is -2.27. The average molecular weight is 264 g/mol. The number of hydrogen-bond acceptors (Lipinski definition) is 2. The van der Waals surface area contributed by atoms with Crippen LogP contribution in [0.5, 0.6) is 5.75 Å². The SMILES string of the molecule is C=C1C(=O)C(c2ccccc2)Cc2cc(O)cc(C)c21. The van der Waals surface area contributed by atoms with Crippen LogP contribution >= 0.6 is 0 Å². The van der Waals surface area contributed by atoms with E-state index in [9.17, 15) is 9.90 Å². The minimum atomic E-state index is -0.197. The predicted octanol–water partition coefficient (Wildman–Crippen LogP) is 3.62. The molecular formula is C18H16O2. The van der Waals surface area contributed by atoms with Crippen molar-refractivity contribution in [2.24, 2.45) is 0 Å². The van der Waals surface area contributed by atoms with E-state index in [4.69, 9.17) is 0 Å². The molecule has 0 bridgehead atoms. The molecule has 20 heavy (non-hydrogen) atoms. The number of carbonyl (C=O) groups excluding carboxylic acids is 1. The number of ketones is 1. The largest absolute Gasteiger partial charge is 0.508 e. The Labute approximate surface area is 118 Å². The van der Waals surface area contributed by atoms with Gasteiger partial charge in [0.05, 0.1) is 5.92 Å². The van der Waals surface area contributed by atoms with Crippen LogP contribution < -0.4 is 0 Å². The maximum atomic E-state index is 12.6. The van der Waals surface area contributed by atoms with Gasteiger partial charge in [-0.2, -0.15) is 0 Å². The summed E-state index contributed by atoms with van der Waals surface area (Å²) in [6.07, 6.45) is 0.617. The van der Waals surface area contributed by atoms with Crippen molar-refractivity contribution in [1.82, 2.24) is 0 Å². The smallest absolute Gasteiger partial charge is 0.170 e. The van der Waals surface area contributed by atoms with Gasteiger partial charge in [-0.25, -0.2) is 0 Å². The molecule has 1 N–H and O–H groups in total. The number of phenols is 1. The number of fused-ring (bicyclic) bond motifs is 1. The molecule has 1 unspecified atom stereocenters. The quantitative estimate of drug-likeness (QED) is 0.799. The fraction of sp³-hybridized carbons (Fsp3) is 0.167. The van der Waals surface area contributed by atoms with Crippen molar-refractivity contribution >= 4 is 11.4 Å². The van der Waals surface area contributed by atoms with Crippen LogP contribution in [0.15, 0.2) is 49.0 Å². The highest BCUT2D eigenvalue weighted by molar-refractivity contribution is 6.24. The average Bonchev–Trinajstić information content (AvgIpc) is 2.43. The van der Waals surface area contributed by atoms with Gasteiger partial charge in [-0.3, -0.25) is 4.79 Å². The first kappa shape index (κ1) is 12.7. The molecule has 0 aliphatic heterocycles. The van der Waals surface area contributed by atoms with Crippen LogP contribution in [0, 0.1) is 6.92 Å². The van der Waals surface area contributed by atoms with E-state index in [0.29, 0.717) is 12.0 Å². The van der Waals surface area contributed by atoms with E-state index in [1.165, 1.54) is 0 Å². The second kappa shape index (κ2) is 4.64. The van der Waals surface area contributed by atoms with Crippen molar-refractivity contribution in [2.75, 3.05) is 0 Å². The minimum Gasteiger partial charge on any atom is -0.508 e. The molecule has 100 valence electrons. The first-order valence-corrected chi connectivity index (χ1v) is 6.69. The zero-order valence-electron chi connectivity index (χ0n) is 11.4. The molecule has 2 heteroatoms. The van der Waals surface area contributed by atoms with Gasteiger partial charge in [0.2, 0.25) is 0 Å². The predicted molar refractivity (Wildman–Crippen MR) is 79.8 cm³/mol. The molecule has 3 rings (SSSR count). The summed E-state index contributed by atoms with van der Waals surface area (Å²) in [5.74, 6) is 0.130. The summed E-state index contributed by atoms with van der Waals surface area (Å²) in [6, 6.07) is 13.2. The molecular weight excluding hydrogens is 248 g/mol. The Morgan fingerprint density at radius 3 is 2.60 bits per heavy atom. The summed E-state index contributed by atoms with van der Waals surface area (Å²) in [5, 5.41) is 9.76. The van der Waals surface area contributed by atoms with Crippen LogP contribution in [0.4, 0.5) is 0 Å². The molecule has 0 spiro atoms. The van der Waals surface area contributed by atoms with Crippen molar-refractivity contribution in [2.45, 2.75) is 19.3 Å². The van der Waals surface area contributed by atoms with Gasteiger partial charge in [-0.15, -0.1) is 0 Å². The maximum Gasteiger partial charge on any atom is 0.170 e. The molecule has 0 saturated heterocycles. The number of rotatable bonds is 1. The minimum absolute atomic E-state index is 0.0810. The normalized spacial score (nSPS) is 17.9. The molecule has 0 heterocycles. The van der Waals surface area contributed by atoms with Crippen LogP contribution in [0.25, 0.3) is 5.57 Å². The van der Waals surface area contributed by atoms with E-state index < -0.39 is 0 Å². The molecule has 0 radical (unpaired) electrons. The second-order valence-electron chi connectivity index (χ2n) is 5.31. The summed E-state index contributed by atoms with van der Waals surface area (Å²) in [5.41, 5.74) is 4.37. The number of aromatic hydroxyl groups is 1. The fourth-order valence-corrected chi connectivity index (χ4v) is 3.03. The molecule has 1 atom stereocenters. The number of hydrogen-bond donors (Lipinski definition) is 1. The zero-order chi connectivity index (χ0) is 14.3. The van der Waals surface area contributed by atoms with E-state index in [-0.39, 0.29) is 17.5 Å². The van der Waals surface area contributed by atoms with Gasteiger partial charge in [0.25, 0.3) is 0 Å². The van der Waals surface area contributed by atoms with E-state index in [2.05, 4.69) is 6.58 Å². The lowest BCUT2D eigenvalue weighted by molar-refractivity contribution is -0.115. The summed E-state index contributed by atoms with van der Waals surface area (Å²) in [4.78, 5) is 12.6. The highest BCUT2D eigenvalue weighted by Crippen LogP contribution is 2.38. The number of Topliss-reactive ketones (excluding diaryl/α,β-unsaturated/α-hetero) is 1. The third-order valence-corrected chi connectivity index (χ3v) is 3.94. The Bertz CT molecular complexity index is 699. The first-order chi connectivity index (χ1) is 9.58. The Hall–Kier alpha value is -2.35. The number of benzene rings is 2. The zero-order valence-corrected chi connectivity index (χ0v) is 11.4. The van der Waals surface area contributed by atoms with E-state index in [0.717, 1.165) is 22.3 Å². The van der Waals surface area contributed by atoms with Crippen LogP contribution in [0.1, 0.15) is 28.2 Å². The number of carbonyl (C=O) groups is 1. The van der Waals surface area contributed by atoms with Crippen molar-refractivity contribution in [3.63, 3.8) is 0 Å². The Morgan fingerprint density at radius 2 is 1.90 bits per heavy atom. The Kier molecular flexibility index (Phi) is 2.94. The second-order valence-corrected chi connectivity index (χ2v) is 5.31. The molecule has 0 amide bonds. The van der Waals surface area contributed by atoms with E-state index in [1.807, 2.05) is 37.3 Å². The van der Waals surface area contributed by atoms with Crippen molar-refractivity contribution < 1.29 is 9.90 Å². The van der Waals surface area contributed by atoms with E-state index in [1.54, 1.807) is 12.1 Å². The lowest BCUT2D eigenvalue weighted by Crippen LogP contribution is -2.23. The highest BCUT2D eigenvalue weighted by Gasteiger charge is 2.31. The van der Waals surface area contributed by atoms with Crippen molar-refractivity contribution in [3.05, 3.63) is 71.3 Å². The molecule has 1 aliphatic carbocycles. The van der Waals surface area contributed by atoms with Crippen LogP contribution in [0.2, 0.25) is 0 Å².